The van der Waals surface area contributed by atoms with Crippen molar-refractivity contribution >= 4 is 22.6 Å². The molecule has 106 valence electrons. The van der Waals surface area contributed by atoms with Crippen LogP contribution in [-0.2, 0) is 4.74 Å². The van der Waals surface area contributed by atoms with E-state index in [2.05, 4.69) is 10.3 Å². The van der Waals surface area contributed by atoms with Crippen LogP contribution in [0.2, 0.25) is 0 Å². The van der Waals surface area contributed by atoms with Crippen LogP contribution in [0.1, 0.15) is 10.4 Å². The number of nitrogens with one attached hydrogen (secondary N) is 1. The predicted octanol–water partition coefficient (Wildman–Crippen LogP) is 1.35. The minimum atomic E-state index is -0.948. The largest absolute Gasteiger partial charge is 0.478 e. The molecule has 0 saturated heterocycles. The van der Waals surface area contributed by atoms with Crippen molar-refractivity contribution in [3.05, 3.63) is 36.0 Å². The summed E-state index contributed by atoms with van der Waals surface area (Å²) in [6.45, 7) is 1.34. The first-order valence-corrected chi connectivity index (χ1v) is 6.27. The standard InChI is InChI=1S/C14H16N2O4/c17-6-8-20-7-5-16-13-12-2-1-11(14(18)19)9-10(12)3-4-15-13/h1-4,9,17H,5-8H2,(H,15,16)(H,18,19). The number of ether oxygens (including phenoxy) is 1. The predicted molar refractivity (Wildman–Crippen MR) is 75.1 cm³/mol. The van der Waals surface area contributed by atoms with E-state index in [1.807, 2.05) is 0 Å². The zero-order valence-corrected chi connectivity index (χ0v) is 10.9. The van der Waals surface area contributed by atoms with Crippen LogP contribution in [0.5, 0.6) is 0 Å². The highest BCUT2D eigenvalue weighted by molar-refractivity contribution is 5.98. The number of anilines is 1. The van der Waals surface area contributed by atoms with E-state index in [0.29, 0.717) is 25.6 Å². The Bertz CT molecular complexity index is 601. The number of hydrogen-bond acceptors (Lipinski definition) is 5. The van der Waals surface area contributed by atoms with Gasteiger partial charge in [0.1, 0.15) is 5.82 Å². The molecule has 2 aromatic rings. The normalized spacial score (nSPS) is 10.7. The average molecular weight is 276 g/mol. The number of aliphatic hydroxyl groups is 1. The lowest BCUT2D eigenvalue weighted by Crippen LogP contribution is -2.12. The lowest BCUT2D eigenvalue weighted by Gasteiger charge is -2.09. The van der Waals surface area contributed by atoms with Gasteiger partial charge < -0.3 is 20.3 Å². The van der Waals surface area contributed by atoms with Crippen molar-refractivity contribution < 1.29 is 19.7 Å². The summed E-state index contributed by atoms with van der Waals surface area (Å²) in [6.07, 6.45) is 1.63. The smallest absolute Gasteiger partial charge is 0.335 e. The second-order valence-electron chi connectivity index (χ2n) is 4.16. The van der Waals surface area contributed by atoms with Gasteiger partial charge in [-0.3, -0.25) is 0 Å². The van der Waals surface area contributed by atoms with Gasteiger partial charge in [-0.2, -0.15) is 0 Å². The number of hydrogen-bond donors (Lipinski definition) is 3. The maximum atomic E-state index is 10.9. The zero-order chi connectivity index (χ0) is 14.4. The van der Waals surface area contributed by atoms with Gasteiger partial charge in [0, 0.05) is 18.1 Å². The Labute approximate surface area is 116 Å². The molecule has 6 nitrogen and oxygen atoms in total. The maximum Gasteiger partial charge on any atom is 0.335 e. The topological polar surface area (TPSA) is 91.7 Å². The van der Waals surface area contributed by atoms with E-state index >= 15 is 0 Å². The fourth-order valence-corrected chi connectivity index (χ4v) is 1.86. The number of benzene rings is 1. The molecule has 2 rings (SSSR count). The molecule has 0 amide bonds. The van der Waals surface area contributed by atoms with Gasteiger partial charge in [-0.15, -0.1) is 0 Å². The van der Waals surface area contributed by atoms with Crippen LogP contribution in [-0.4, -0.2) is 47.5 Å². The van der Waals surface area contributed by atoms with Crippen LogP contribution in [0, 0.1) is 0 Å². The molecular formula is C14H16N2O4. The first kappa shape index (κ1) is 14.2. The lowest BCUT2D eigenvalue weighted by atomic mass is 10.1. The van der Waals surface area contributed by atoms with Gasteiger partial charge in [-0.1, -0.05) is 0 Å². The van der Waals surface area contributed by atoms with Crippen LogP contribution < -0.4 is 5.32 Å². The molecule has 0 aliphatic heterocycles. The van der Waals surface area contributed by atoms with Crippen molar-refractivity contribution in [1.82, 2.24) is 4.98 Å². The molecule has 0 spiro atoms. The second-order valence-corrected chi connectivity index (χ2v) is 4.16. The third-order valence-corrected chi connectivity index (χ3v) is 2.79. The van der Waals surface area contributed by atoms with Gasteiger partial charge in [0.05, 0.1) is 25.4 Å². The summed E-state index contributed by atoms with van der Waals surface area (Å²) in [5.74, 6) is -0.261. The quantitative estimate of drug-likeness (QED) is 0.661. The molecule has 6 heteroatoms. The van der Waals surface area contributed by atoms with Crippen LogP contribution in [0.15, 0.2) is 30.5 Å². The fourth-order valence-electron chi connectivity index (χ4n) is 1.86. The Hall–Kier alpha value is -2.18. The third kappa shape index (κ3) is 3.43. The Kier molecular flexibility index (Phi) is 4.86. The fraction of sp³-hybridized carbons (Fsp3) is 0.286. The highest BCUT2D eigenvalue weighted by Crippen LogP contribution is 2.22. The van der Waals surface area contributed by atoms with E-state index in [0.717, 1.165) is 10.8 Å². The van der Waals surface area contributed by atoms with Crippen LogP contribution in [0.4, 0.5) is 5.82 Å². The van der Waals surface area contributed by atoms with Crippen molar-refractivity contribution in [3.63, 3.8) is 0 Å². The molecule has 1 aromatic heterocycles. The van der Waals surface area contributed by atoms with E-state index in [9.17, 15) is 4.79 Å². The number of fused-ring (bicyclic) bond motifs is 1. The minimum Gasteiger partial charge on any atom is -0.478 e. The first-order valence-electron chi connectivity index (χ1n) is 6.27. The highest BCUT2D eigenvalue weighted by Gasteiger charge is 2.06. The van der Waals surface area contributed by atoms with Gasteiger partial charge in [0.2, 0.25) is 0 Å². The number of aliphatic hydroxyl groups excluding tert-OH is 1. The Balaban J connectivity index is 2.11. The summed E-state index contributed by atoms with van der Waals surface area (Å²) in [5.41, 5.74) is 0.251. The van der Waals surface area contributed by atoms with Gasteiger partial charge in [-0.25, -0.2) is 9.78 Å². The molecule has 0 atom stereocenters. The maximum absolute atomic E-state index is 10.9. The van der Waals surface area contributed by atoms with E-state index in [-0.39, 0.29) is 12.2 Å². The Morgan fingerprint density at radius 1 is 1.30 bits per heavy atom. The summed E-state index contributed by atoms with van der Waals surface area (Å²) >= 11 is 0. The molecule has 0 unspecified atom stereocenters. The summed E-state index contributed by atoms with van der Waals surface area (Å²) in [5, 5.41) is 22.4. The molecule has 1 aromatic carbocycles. The minimum absolute atomic E-state index is 0.00445. The van der Waals surface area contributed by atoms with Crippen molar-refractivity contribution in [3.8, 4) is 0 Å². The van der Waals surface area contributed by atoms with Crippen molar-refractivity contribution in [2.24, 2.45) is 0 Å². The SMILES string of the molecule is O=C(O)c1ccc2c(NCCOCCO)nccc2c1. The number of carboxylic acids is 1. The van der Waals surface area contributed by atoms with Gasteiger partial charge in [-0.05, 0) is 29.7 Å². The number of rotatable bonds is 7. The number of carbonyl (C=O) groups is 1. The number of nitrogens with zero attached hydrogens (tertiary/aromatic N) is 1. The molecule has 1 heterocycles. The molecule has 0 bridgehead atoms. The lowest BCUT2D eigenvalue weighted by molar-refractivity contribution is 0.0697. The van der Waals surface area contributed by atoms with Gasteiger partial charge in [0.15, 0.2) is 0 Å². The number of pyridine rings is 1. The van der Waals surface area contributed by atoms with E-state index in [4.69, 9.17) is 14.9 Å². The molecular weight excluding hydrogens is 260 g/mol. The van der Waals surface area contributed by atoms with E-state index in [1.54, 1.807) is 30.5 Å². The van der Waals surface area contributed by atoms with E-state index < -0.39 is 5.97 Å². The Morgan fingerprint density at radius 2 is 2.15 bits per heavy atom. The van der Waals surface area contributed by atoms with Crippen LogP contribution >= 0.6 is 0 Å². The van der Waals surface area contributed by atoms with Crippen molar-refractivity contribution in [2.45, 2.75) is 0 Å². The summed E-state index contributed by atoms with van der Waals surface area (Å²) in [4.78, 5) is 15.2. The van der Waals surface area contributed by atoms with Crippen molar-refractivity contribution in [1.29, 1.82) is 0 Å². The summed E-state index contributed by atoms with van der Waals surface area (Å²) in [7, 11) is 0. The first-order chi connectivity index (χ1) is 9.72. The third-order valence-electron chi connectivity index (χ3n) is 2.79. The molecule has 0 radical (unpaired) electrons. The Morgan fingerprint density at radius 3 is 2.90 bits per heavy atom. The zero-order valence-electron chi connectivity index (χ0n) is 10.9. The molecule has 20 heavy (non-hydrogen) atoms. The van der Waals surface area contributed by atoms with Gasteiger partial charge in [0.25, 0.3) is 0 Å². The summed E-state index contributed by atoms with van der Waals surface area (Å²) < 4.78 is 5.15. The number of aromatic nitrogens is 1. The van der Waals surface area contributed by atoms with Crippen molar-refractivity contribution in [2.75, 3.05) is 31.7 Å². The van der Waals surface area contributed by atoms with E-state index in [1.165, 1.54) is 0 Å². The van der Waals surface area contributed by atoms with Crippen LogP contribution in [0.3, 0.4) is 0 Å². The highest BCUT2D eigenvalue weighted by atomic mass is 16.5. The average Bonchev–Trinajstić information content (AvgIpc) is 2.46. The molecule has 0 fully saturated rings. The van der Waals surface area contributed by atoms with Crippen LogP contribution in [0.25, 0.3) is 10.8 Å². The molecule has 0 saturated carbocycles. The number of aromatic carboxylic acids is 1. The molecule has 0 aliphatic carbocycles. The number of carboxylic acid groups (broad SMARTS) is 1. The molecule has 0 aliphatic rings. The molecule has 3 N–H and O–H groups in total. The monoisotopic (exact) mass is 276 g/mol. The van der Waals surface area contributed by atoms with Gasteiger partial charge >= 0.3 is 5.97 Å². The summed E-state index contributed by atoms with van der Waals surface area (Å²) in [6, 6.07) is 6.69. The second kappa shape index (κ2) is 6.83.